The molecule has 0 amide bonds. The Morgan fingerprint density at radius 3 is 2.85 bits per heavy atom. The second-order valence-electron chi connectivity index (χ2n) is 3.17. The van der Waals surface area contributed by atoms with Crippen molar-refractivity contribution in [3.8, 4) is 0 Å². The number of unbranched alkanes of at least 4 members (excludes halogenated alkanes) is 1. The van der Waals surface area contributed by atoms with Crippen molar-refractivity contribution in [1.29, 1.82) is 0 Å². The van der Waals surface area contributed by atoms with Gasteiger partial charge in [0.25, 0.3) is 0 Å². The molecule has 0 saturated carbocycles. The minimum Gasteiger partial charge on any atom is -0.309 e. The predicted octanol–water partition coefficient (Wildman–Crippen LogP) is 3.96. The van der Waals surface area contributed by atoms with E-state index in [0.29, 0.717) is 6.04 Å². The molecule has 74 valence electrons. The quantitative estimate of drug-likeness (QED) is 0.792. The summed E-state index contributed by atoms with van der Waals surface area (Å²) >= 11 is 5.28. The fraction of sp³-hybridized carbons (Fsp3) is 0.600. The first kappa shape index (κ1) is 11.2. The zero-order chi connectivity index (χ0) is 9.68. The zero-order valence-electron chi connectivity index (χ0n) is 8.14. The lowest BCUT2D eigenvalue weighted by Crippen LogP contribution is -2.18. The van der Waals surface area contributed by atoms with Crippen molar-refractivity contribution in [3.05, 3.63) is 20.8 Å². The van der Waals surface area contributed by atoms with Crippen LogP contribution in [0.5, 0.6) is 0 Å². The Morgan fingerprint density at radius 1 is 1.54 bits per heavy atom. The third-order valence-corrected chi connectivity index (χ3v) is 3.81. The number of nitrogens with one attached hydrogen (secondary N) is 1. The number of hydrogen-bond donors (Lipinski definition) is 1. The van der Waals surface area contributed by atoms with Crippen molar-refractivity contribution in [3.63, 3.8) is 0 Å². The maximum atomic E-state index is 3.50. The van der Waals surface area contributed by atoms with Crippen LogP contribution in [0.4, 0.5) is 0 Å². The van der Waals surface area contributed by atoms with Crippen LogP contribution in [-0.4, -0.2) is 6.54 Å². The average Bonchev–Trinajstić information content (AvgIpc) is 2.52. The molecule has 1 aromatic heterocycles. The summed E-state index contributed by atoms with van der Waals surface area (Å²) in [6.07, 6.45) is 2.52. The monoisotopic (exact) mass is 261 g/mol. The van der Waals surface area contributed by atoms with Gasteiger partial charge in [0.2, 0.25) is 0 Å². The van der Waals surface area contributed by atoms with E-state index in [1.54, 1.807) is 0 Å². The maximum absolute atomic E-state index is 3.50. The Balaban J connectivity index is 2.35. The molecule has 0 bridgehead atoms. The SMILES string of the molecule is CCCCNC(C)c1ccc(Br)s1. The van der Waals surface area contributed by atoms with Crippen LogP contribution in [0.3, 0.4) is 0 Å². The highest BCUT2D eigenvalue weighted by Gasteiger charge is 2.05. The summed E-state index contributed by atoms with van der Waals surface area (Å²) in [6.45, 7) is 5.55. The molecule has 0 aliphatic carbocycles. The smallest absolute Gasteiger partial charge is 0.0701 e. The van der Waals surface area contributed by atoms with E-state index in [2.05, 4.69) is 47.2 Å². The molecule has 1 atom stereocenters. The number of hydrogen-bond acceptors (Lipinski definition) is 2. The zero-order valence-corrected chi connectivity index (χ0v) is 10.5. The summed E-state index contributed by atoms with van der Waals surface area (Å²) in [6, 6.07) is 4.78. The third-order valence-electron chi connectivity index (χ3n) is 2.00. The predicted molar refractivity (Wildman–Crippen MR) is 63.3 cm³/mol. The van der Waals surface area contributed by atoms with Crippen LogP contribution in [0.2, 0.25) is 0 Å². The first-order chi connectivity index (χ1) is 6.24. The second kappa shape index (κ2) is 5.78. The Morgan fingerprint density at radius 2 is 2.31 bits per heavy atom. The highest BCUT2D eigenvalue weighted by molar-refractivity contribution is 9.11. The summed E-state index contributed by atoms with van der Waals surface area (Å²) in [5, 5.41) is 3.50. The van der Waals surface area contributed by atoms with E-state index in [1.807, 2.05) is 11.3 Å². The van der Waals surface area contributed by atoms with E-state index in [9.17, 15) is 0 Å². The standard InChI is InChI=1S/C10H16BrNS/c1-3-4-7-12-8(2)9-5-6-10(11)13-9/h5-6,8,12H,3-4,7H2,1-2H3. The lowest BCUT2D eigenvalue weighted by atomic mass is 10.2. The van der Waals surface area contributed by atoms with Gasteiger partial charge in [-0.1, -0.05) is 13.3 Å². The van der Waals surface area contributed by atoms with Gasteiger partial charge in [-0.15, -0.1) is 11.3 Å². The van der Waals surface area contributed by atoms with Crippen molar-refractivity contribution in [2.24, 2.45) is 0 Å². The molecule has 1 aromatic rings. The van der Waals surface area contributed by atoms with E-state index >= 15 is 0 Å². The summed E-state index contributed by atoms with van der Waals surface area (Å²) < 4.78 is 1.21. The molecule has 0 fully saturated rings. The highest BCUT2D eigenvalue weighted by atomic mass is 79.9. The molecule has 0 aliphatic heterocycles. The number of thiophene rings is 1. The van der Waals surface area contributed by atoms with Crippen molar-refractivity contribution >= 4 is 27.3 Å². The molecule has 1 unspecified atom stereocenters. The highest BCUT2D eigenvalue weighted by Crippen LogP contribution is 2.26. The van der Waals surface area contributed by atoms with E-state index in [0.717, 1.165) is 6.54 Å². The number of halogens is 1. The topological polar surface area (TPSA) is 12.0 Å². The molecular formula is C10H16BrNS. The maximum Gasteiger partial charge on any atom is 0.0701 e. The molecule has 13 heavy (non-hydrogen) atoms. The minimum atomic E-state index is 0.489. The summed E-state index contributed by atoms with van der Waals surface area (Å²) in [5.74, 6) is 0. The molecule has 1 rings (SSSR count). The van der Waals surface area contributed by atoms with Crippen LogP contribution in [0.25, 0.3) is 0 Å². The molecule has 0 spiro atoms. The molecule has 0 aliphatic rings. The fourth-order valence-electron chi connectivity index (χ4n) is 1.16. The van der Waals surface area contributed by atoms with Crippen LogP contribution in [0.1, 0.15) is 37.6 Å². The largest absolute Gasteiger partial charge is 0.309 e. The van der Waals surface area contributed by atoms with Gasteiger partial charge in [0.05, 0.1) is 3.79 Å². The lowest BCUT2D eigenvalue weighted by Gasteiger charge is -2.10. The van der Waals surface area contributed by atoms with Crippen molar-refractivity contribution < 1.29 is 0 Å². The average molecular weight is 262 g/mol. The van der Waals surface area contributed by atoms with Gasteiger partial charge in [-0.2, -0.15) is 0 Å². The molecule has 3 heteroatoms. The molecule has 1 N–H and O–H groups in total. The Bertz CT molecular complexity index is 247. The van der Waals surface area contributed by atoms with Crippen LogP contribution >= 0.6 is 27.3 Å². The van der Waals surface area contributed by atoms with Gasteiger partial charge >= 0.3 is 0 Å². The first-order valence-corrected chi connectivity index (χ1v) is 6.33. The van der Waals surface area contributed by atoms with Crippen LogP contribution in [0.15, 0.2) is 15.9 Å². The molecule has 0 radical (unpaired) electrons. The summed E-state index contributed by atoms with van der Waals surface area (Å²) in [4.78, 5) is 1.41. The van der Waals surface area contributed by atoms with Crippen LogP contribution in [0, 0.1) is 0 Å². The van der Waals surface area contributed by atoms with E-state index in [1.165, 1.54) is 21.5 Å². The van der Waals surface area contributed by atoms with Gasteiger partial charge in [-0.3, -0.25) is 0 Å². The molecule has 0 saturated heterocycles. The molecule has 1 heterocycles. The Kier molecular flexibility index (Phi) is 4.99. The van der Waals surface area contributed by atoms with E-state index in [-0.39, 0.29) is 0 Å². The summed E-state index contributed by atoms with van der Waals surface area (Å²) in [5.41, 5.74) is 0. The second-order valence-corrected chi connectivity index (χ2v) is 5.67. The van der Waals surface area contributed by atoms with Gasteiger partial charge in [-0.25, -0.2) is 0 Å². The van der Waals surface area contributed by atoms with Crippen LogP contribution in [-0.2, 0) is 0 Å². The molecule has 1 nitrogen and oxygen atoms in total. The molecule has 0 aromatic carbocycles. The number of rotatable bonds is 5. The van der Waals surface area contributed by atoms with Gasteiger partial charge in [0, 0.05) is 10.9 Å². The molecular weight excluding hydrogens is 246 g/mol. The van der Waals surface area contributed by atoms with E-state index in [4.69, 9.17) is 0 Å². The lowest BCUT2D eigenvalue weighted by molar-refractivity contribution is 0.561. The normalized spacial score (nSPS) is 13.2. The third kappa shape index (κ3) is 3.79. The Hall–Kier alpha value is 0.140. The fourth-order valence-corrected chi connectivity index (χ4v) is 2.61. The minimum absolute atomic E-state index is 0.489. The van der Waals surface area contributed by atoms with Gasteiger partial charge in [0.1, 0.15) is 0 Å². The van der Waals surface area contributed by atoms with Gasteiger partial charge in [0.15, 0.2) is 0 Å². The van der Waals surface area contributed by atoms with Crippen molar-refractivity contribution in [2.45, 2.75) is 32.7 Å². The van der Waals surface area contributed by atoms with Gasteiger partial charge in [-0.05, 0) is 48.0 Å². The van der Waals surface area contributed by atoms with Crippen molar-refractivity contribution in [1.82, 2.24) is 5.32 Å². The van der Waals surface area contributed by atoms with Gasteiger partial charge < -0.3 is 5.32 Å². The Labute approximate surface area is 92.7 Å². The van der Waals surface area contributed by atoms with E-state index < -0.39 is 0 Å². The summed E-state index contributed by atoms with van der Waals surface area (Å²) in [7, 11) is 0. The van der Waals surface area contributed by atoms with Crippen LogP contribution < -0.4 is 5.32 Å². The first-order valence-electron chi connectivity index (χ1n) is 4.72. The van der Waals surface area contributed by atoms with Crippen molar-refractivity contribution in [2.75, 3.05) is 6.54 Å².